The zero-order valence-electron chi connectivity index (χ0n) is 10.8. The van der Waals surface area contributed by atoms with Crippen molar-refractivity contribution in [2.45, 2.75) is 38.2 Å². The molecule has 1 aliphatic heterocycles. The van der Waals surface area contributed by atoms with Gasteiger partial charge >= 0.3 is 0 Å². The van der Waals surface area contributed by atoms with Gasteiger partial charge in [0, 0.05) is 6.42 Å². The maximum absolute atomic E-state index is 10.5. The van der Waals surface area contributed by atoms with Crippen LogP contribution in [0.1, 0.15) is 37.7 Å². The van der Waals surface area contributed by atoms with E-state index < -0.39 is 0 Å². The Morgan fingerprint density at radius 1 is 1.33 bits per heavy atom. The molecule has 1 aliphatic rings. The second kappa shape index (κ2) is 6.83. The van der Waals surface area contributed by atoms with E-state index in [-0.39, 0.29) is 0 Å². The van der Waals surface area contributed by atoms with E-state index in [1.54, 1.807) is 0 Å². The quantitative estimate of drug-likeness (QED) is 0.759. The smallest absolute Gasteiger partial charge is 0.120 e. The van der Waals surface area contributed by atoms with Gasteiger partial charge in [0.1, 0.15) is 18.1 Å². The van der Waals surface area contributed by atoms with Crippen molar-refractivity contribution >= 4 is 18.0 Å². The van der Waals surface area contributed by atoms with Crippen molar-refractivity contribution in [1.29, 1.82) is 0 Å². The molecule has 0 N–H and O–H groups in total. The molecule has 0 aliphatic carbocycles. The lowest BCUT2D eigenvalue weighted by Crippen LogP contribution is -2.22. The van der Waals surface area contributed by atoms with Gasteiger partial charge in [-0.3, -0.25) is 0 Å². The number of ether oxygens (including phenoxy) is 1. The molecule has 1 aromatic carbocycles. The molecule has 1 heterocycles. The lowest BCUT2D eigenvalue weighted by Gasteiger charge is -2.23. The minimum absolute atomic E-state index is 0.294. The maximum Gasteiger partial charge on any atom is 0.120 e. The third-order valence-electron chi connectivity index (χ3n) is 3.37. The van der Waals surface area contributed by atoms with E-state index in [1.165, 1.54) is 17.1 Å². The van der Waals surface area contributed by atoms with Crippen molar-refractivity contribution < 1.29 is 9.53 Å². The van der Waals surface area contributed by atoms with Gasteiger partial charge in [0.2, 0.25) is 0 Å². The summed E-state index contributed by atoms with van der Waals surface area (Å²) >= 11 is 2.01. The first-order valence-corrected chi connectivity index (χ1v) is 7.73. The van der Waals surface area contributed by atoms with Crippen LogP contribution in [-0.4, -0.2) is 23.9 Å². The first kappa shape index (κ1) is 13.5. The molecule has 0 aromatic heterocycles. The first-order valence-electron chi connectivity index (χ1n) is 6.57. The number of carbonyl (C=O) groups excluding carboxylic acids is 1. The topological polar surface area (TPSA) is 26.3 Å². The van der Waals surface area contributed by atoms with Gasteiger partial charge < -0.3 is 9.53 Å². The molecular formula is C15H20O2S. The van der Waals surface area contributed by atoms with Crippen LogP contribution in [0.3, 0.4) is 0 Å². The van der Waals surface area contributed by atoms with Crippen LogP contribution in [0.4, 0.5) is 0 Å². The van der Waals surface area contributed by atoms with Crippen molar-refractivity contribution in [3.63, 3.8) is 0 Å². The Hall–Kier alpha value is -0.960. The normalized spacial score (nSPS) is 18.3. The molecular weight excluding hydrogens is 244 g/mol. The van der Waals surface area contributed by atoms with Crippen molar-refractivity contribution in [3.8, 4) is 5.75 Å². The largest absolute Gasteiger partial charge is 0.490 e. The fourth-order valence-electron chi connectivity index (χ4n) is 2.14. The molecule has 0 bridgehead atoms. The minimum atomic E-state index is 0.294. The summed E-state index contributed by atoms with van der Waals surface area (Å²) in [5, 5.41) is 0. The van der Waals surface area contributed by atoms with E-state index in [4.69, 9.17) is 4.74 Å². The van der Waals surface area contributed by atoms with Crippen LogP contribution in [0.25, 0.3) is 0 Å². The molecule has 1 atom stereocenters. The highest BCUT2D eigenvalue weighted by Crippen LogP contribution is 2.25. The van der Waals surface area contributed by atoms with Gasteiger partial charge in [0.05, 0.1) is 0 Å². The molecule has 1 unspecified atom stereocenters. The van der Waals surface area contributed by atoms with Crippen molar-refractivity contribution in [3.05, 3.63) is 29.8 Å². The Labute approximate surface area is 113 Å². The van der Waals surface area contributed by atoms with Gasteiger partial charge in [-0.05, 0) is 48.0 Å². The number of carbonyl (C=O) groups is 1. The fraction of sp³-hybridized carbons (Fsp3) is 0.533. The van der Waals surface area contributed by atoms with E-state index in [0.29, 0.717) is 18.4 Å². The number of hydrogen-bond acceptors (Lipinski definition) is 3. The molecule has 0 spiro atoms. The zero-order chi connectivity index (χ0) is 12.8. The number of benzene rings is 1. The van der Waals surface area contributed by atoms with Gasteiger partial charge in [-0.2, -0.15) is 11.8 Å². The van der Waals surface area contributed by atoms with E-state index in [9.17, 15) is 4.79 Å². The fourth-order valence-corrected chi connectivity index (χ4v) is 3.20. The van der Waals surface area contributed by atoms with Crippen molar-refractivity contribution in [1.82, 2.24) is 0 Å². The van der Waals surface area contributed by atoms with Crippen LogP contribution in [0.15, 0.2) is 24.3 Å². The van der Waals surface area contributed by atoms with Crippen LogP contribution in [0.2, 0.25) is 0 Å². The molecule has 1 fully saturated rings. The van der Waals surface area contributed by atoms with Crippen molar-refractivity contribution in [2.75, 3.05) is 11.5 Å². The van der Waals surface area contributed by atoms with Gasteiger partial charge in [-0.15, -0.1) is 0 Å². The van der Waals surface area contributed by atoms with E-state index in [2.05, 4.69) is 19.1 Å². The second-order valence-electron chi connectivity index (χ2n) is 4.80. The Kier molecular flexibility index (Phi) is 5.12. The van der Waals surface area contributed by atoms with E-state index >= 15 is 0 Å². The highest BCUT2D eigenvalue weighted by molar-refractivity contribution is 7.99. The van der Waals surface area contributed by atoms with Crippen molar-refractivity contribution in [2.24, 2.45) is 0 Å². The Balaban J connectivity index is 1.92. The SMILES string of the molecule is CC(CC=O)c1ccc(OC2CCSCC2)cc1. The third kappa shape index (κ3) is 3.77. The number of rotatable bonds is 5. The first-order chi connectivity index (χ1) is 8.79. The molecule has 0 amide bonds. The molecule has 3 heteroatoms. The summed E-state index contributed by atoms with van der Waals surface area (Å²) < 4.78 is 5.97. The summed E-state index contributed by atoms with van der Waals surface area (Å²) in [6.07, 6.45) is 4.24. The number of thioether (sulfide) groups is 1. The molecule has 18 heavy (non-hydrogen) atoms. The van der Waals surface area contributed by atoms with Gasteiger partial charge in [0.25, 0.3) is 0 Å². The minimum Gasteiger partial charge on any atom is -0.490 e. The molecule has 1 aromatic rings. The van der Waals surface area contributed by atoms with Crippen LogP contribution in [0.5, 0.6) is 5.75 Å². The summed E-state index contributed by atoms with van der Waals surface area (Å²) in [7, 11) is 0. The molecule has 0 saturated carbocycles. The second-order valence-corrected chi connectivity index (χ2v) is 6.03. The molecule has 2 nitrogen and oxygen atoms in total. The highest BCUT2D eigenvalue weighted by Gasteiger charge is 2.15. The number of aldehydes is 1. The average molecular weight is 264 g/mol. The predicted molar refractivity (Wildman–Crippen MR) is 76.5 cm³/mol. The Bertz CT molecular complexity index is 369. The molecule has 0 radical (unpaired) electrons. The maximum atomic E-state index is 10.5. The highest BCUT2D eigenvalue weighted by atomic mass is 32.2. The number of hydrogen-bond donors (Lipinski definition) is 0. The van der Waals surface area contributed by atoms with Gasteiger partial charge in [-0.25, -0.2) is 0 Å². The summed E-state index contributed by atoms with van der Waals surface area (Å²) in [6, 6.07) is 8.19. The summed E-state index contributed by atoms with van der Waals surface area (Å²) in [6.45, 7) is 2.07. The van der Waals surface area contributed by atoms with Crippen LogP contribution in [0, 0.1) is 0 Å². The summed E-state index contributed by atoms with van der Waals surface area (Å²) in [4.78, 5) is 10.5. The summed E-state index contributed by atoms with van der Waals surface area (Å²) in [5.41, 5.74) is 1.20. The molecule has 98 valence electrons. The molecule has 2 rings (SSSR count). The van der Waals surface area contributed by atoms with E-state index in [1.807, 2.05) is 23.9 Å². The van der Waals surface area contributed by atoms with Crippen LogP contribution < -0.4 is 4.74 Å². The predicted octanol–water partition coefficient (Wildman–Crippen LogP) is 3.65. The third-order valence-corrected chi connectivity index (χ3v) is 4.42. The Morgan fingerprint density at radius 3 is 2.61 bits per heavy atom. The lowest BCUT2D eigenvalue weighted by atomic mass is 9.98. The molecule has 1 saturated heterocycles. The van der Waals surface area contributed by atoms with Gasteiger partial charge in [0.15, 0.2) is 0 Å². The van der Waals surface area contributed by atoms with Crippen LogP contribution >= 0.6 is 11.8 Å². The summed E-state index contributed by atoms with van der Waals surface area (Å²) in [5.74, 6) is 3.66. The standard InChI is InChI=1S/C15H20O2S/c1-12(6-9-16)13-2-4-14(5-3-13)17-15-7-10-18-11-8-15/h2-5,9,12,15H,6-8,10-11H2,1H3. The average Bonchev–Trinajstić information content (AvgIpc) is 2.41. The van der Waals surface area contributed by atoms with Gasteiger partial charge in [-0.1, -0.05) is 19.1 Å². The van der Waals surface area contributed by atoms with Crippen LogP contribution in [-0.2, 0) is 4.79 Å². The lowest BCUT2D eigenvalue weighted by molar-refractivity contribution is -0.108. The zero-order valence-corrected chi connectivity index (χ0v) is 11.6. The monoisotopic (exact) mass is 264 g/mol. The Morgan fingerprint density at radius 2 is 2.00 bits per heavy atom. The van der Waals surface area contributed by atoms with E-state index in [0.717, 1.165) is 24.9 Å².